The minimum absolute atomic E-state index is 0.224. The zero-order chi connectivity index (χ0) is 17.9. The number of aryl methyl sites for hydroxylation is 1. The van der Waals surface area contributed by atoms with Gasteiger partial charge in [0, 0.05) is 6.54 Å². The van der Waals surface area contributed by atoms with Crippen molar-refractivity contribution in [2.75, 3.05) is 13.1 Å². The second-order valence-corrected chi connectivity index (χ2v) is 6.79. The molecule has 4 amide bonds. The van der Waals surface area contributed by atoms with Crippen molar-refractivity contribution in [1.29, 1.82) is 0 Å². The first kappa shape index (κ1) is 17.5. The number of urea groups is 1. The van der Waals surface area contributed by atoms with Crippen LogP contribution in [0.5, 0.6) is 0 Å². The zero-order valence-corrected chi connectivity index (χ0v) is 14.6. The van der Waals surface area contributed by atoms with Crippen LogP contribution in [0.25, 0.3) is 0 Å². The number of unbranched alkanes of at least 4 members (excludes halogenated alkanes) is 1. The largest absolute Gasteiger partial charge is 0.355 e. The number of rotatable bonds is 5. The number of nitrogens with zero attached hydrogens (tertiary/aromatic N) is 1. The molecule has 1 aromatic carbocycles. The molecular formula is C19H25N3O3. The third-order valence-corrected chi connectivity index (χ3v) is 5.05. The summed E-state index contributed by atoms with van der Waals surface area (Å²) < 4.78 is 0. The van der Waals surface area contributed by atoms with E-state index in [0.717, 1.165) is 48.1 Å². The van der Waals surface area contributed by atoms with E-state index in [1.54, 1.807) is 0 Å². The summed E-state index contributed by atoms with van der Waals surface area (Å²) in [7, 11) is 0. The van der Waals surface area contributed by atoms with Gasteiger partial charge in [0.15, 0.2) is 0 Å². The molecule has 1 atom stereocenters. The summed E-state index contributed by atoms with van der Waals surface area (Å²) in [6, 6.07) is 7.31. The van der Waals surface area contributed by atoms with Crippen LogP contribution in [0.15, 0.2) is 24.3 Å². The molecule has 1 heterocycles. The van der Waals surface area contributed by atoms with Crippen molar-refractivity contribution in [3.63, 3.8) is 0 Å². The Kier molecular flexibility index (Phi) is 5.06. The molecule has 1 spiro atoms. The van der Waals surface area contributed by atoms with Gasteiger partial charge in [-0.2, -0.15) is 0 Å². The van der Waals surface area contributed by atoms with Gasteiger partial charge in [-0.3, -0.25) is 14.5 Å². The van der Waals surface area contributed by atoms with Gasteiger partial charge in [0.25, 0.3) is 5.91 Å². The van der Waals surface area contributed by atoms with Crippen LogP contribution in [-0.4, -0.2) is 35.8 Å². The van der Waals surface area contributed by atoms with E-state index < -0.39 is 11.6 Å². The Hall–Kier alpha value is -2.37. The van der Waals surface area contributed by atoms with Crippen molar-refractivity contribution in [2.24, 2.45) is 0 Å². The molecule has 0 saturated carbocycles. The lowest BCUT2D eigenvalue weighted by Crippen LogP contribution is -2.45. The molecule has 2 N–H and O–H groups in total. The van der Waals surface area contributed by atoms with Crippen LogP contribution < -0.4 is 10.6 Å². The standard InChI is InChI=1S/C19H25N3O3/c1-2-3-12-20-16(23)13-22-17(24)19(21-18(22)25)11-7-6-9-14-8-4-5-10-15(14)19/h4-5,8,10H,2-3,6-7,9,11-13H2,1H3,(H,20,23)(H,21,25)/t19-/m0/s1. The SMILES string of the molecule is CCCCNC(=O)CN1C(=O)N[C@]2(CCCCc3ccccc32)C1=O. The molecule has 2 aliphatic rings. The summed E-state index contributed by atoms with van der Waals surface area (Å²) in [6.45, 7) is 2.38. The van der Waals surface area contributed by atoms with Gasteiger partial charge in [0.2, 0.25) is 5.91 Å². The highest BCUT2D eigenvalue weighted by Crippen LogP contribution is 2.38. The van der Waals surface area contributed by atoms with Crippen LogP contribution in [0.4, 0.5) is 4.79 Å². The van der Waals surface area contributed by atoms with E-state index in [1.807, 2.05) is 31.2 Å². The van der Waals surface area contributed by atoms with E-state index in [4.69, 9.17) is 0 Å². The van der Waals surface area contributed by atoms with E-state index in [1.165, 1.54) is 0 Å². The molecule has 1 aliphatic heterocycles. The van der Waals surface area contributed by atoms with Crippen LogP contribution in [0.2, 0.25) is 0 Å². The molecule has 1 aliphatic carbocycles. The van der Waals surface area contributed by atoms with Crippen LogP contribution in [0.1, 0.15) is 50.2 Å². The van der Waals surface area contributed by atoms with Gasteiger partial charge in [-0.25, -0.2) is 4.79 Å². The summed E-state index contributed by atoms with van der Waals surface area (Å²) in [6.07, 6.45) is 5.17. The van der Waals surface area contributed by atoms with Crippen LogP contribution in [0.3, 0.4) is 0 Å². The summed E-state index contributed by atoms with van der Waals surface area (Å²) >= 11 is 0. The first-order valence-corrected chi connectivity index (χ1v) is 9.07. The quantitative estimate of drug-likeness (QED) is 0.635. The number of imide groups is 1. The first-order valence-electron chi connectivity index (χ1n) is 9.07. The lowest BCUT2D eigenvalue weighted by molar-refractivity contribution is -0.135. The molecule has 25 heavy (non-hydrogen) atoms. The van der Waals surface area contributed by atoms with E-state index in [2.05, 4.69) is 10.6 Å². The Morgan fingerprint density at radius 1 is 1.28 bits per heavy atom. The number of amides is 4. The predicted octanol–water partition coefficient (Wildman–Crippen LogP) is 2.08. The number of fused-ring (bicyclic) bond motifs is 2. The zero-order valence-electron chi connectivity index (χ0n) is 14.6. The van der Waals surface area contributed by atoms with Crippen molar-refractivity contribution < 1.29 is 14.4 Å². The molecule has 1 fully saturated rings. The number of carbonyl (C=O) groups excluding carboxylic acids is 3. The van der Waals surface area contributed by atoms with Crippen molar-refractivity contribution >= 4 is 17.8 Å². The third-order valence-electron chi connectivity index (χ3n) is 5.05. The highest BCUT2D eigenvalue weighted by Gasteiger charge is 2.53. The van der Waals surface area contributed by atoms with E-state index in [9.17, 15) is 14.4 Å². The Morgan fingerprint density at radius 2 is 2.08 bits per heavy atom. The molecule has 6 heteroatoms. The minimum Gasteiger partial charge on any atom is -0.355 e. The average molecular weight is 343 g/mol. The Bertz CT molecular complexity index is 688. The van der Waals surface area contributed by atoms with E-state index >= 15 is 0 Å². The molecule has 0 unspecified atom stereocenters. The molecule has 1 aromatic rings. The highest BCUT2D eigenvalue weighted by atomic mass is 16.2. The summed E-state index contributed by atoms with van der Waals surface area (Å²) in [5.41, 5.74) is 0.955. The summed E-state index contributed by atoms with van der Waals surface area (Å²) in [5, 5.41) is 5.66. The molecule has 134 valence electrons. The van der Waals surface area contributed by atoms with Crippen LogP contribution >= 0.6 is 0 Å². The van der Waals surface area contributed by atoms with Crippen molar-refractivity contribution in [3.8, 4) is 0 Å². The Labute approximate surface area is 148 Å². The number of benzene rings is 1. The number of carbonyl (C=O) groups is 3. The maximum atomic E-state index is 13.1. The van der Waals surface area contributed by atoms with Gasteiger partial charge in [0.1, 0.15) is 12.1 Å². The van der Waals surface area contributed by atoms with Crippen molar-refractivity contribution in [2.45, 2.75) is 51.0 Å². The lowest BCUT2D eigenvalue weighted by atomic mass is 9.84. The van der Waals surface area contributed by atoms with E-state index in [0.29, 0.717) is 13.0 Å². The molecule has 3 rings (SSSR count). The van der Waals surface area contributed by atoms with E-state index in [-0.39, 0.29) is 18.4 Å². The summed E-state index contributed by atoms with van der Waals surface area (Å²) in [4.78, 5) is 38.7. The molecule has 0 bridgehead atoms. The highest BCUT2D eigenvalue weighted by molar-refractivity contribution is 6.09. The normalized spacial score (nSPS) is 22.5. The monoisotopic (exact) mass is 343 g/mol. The van der Waals surface area contributed by atoms with Gasteiger partial charge in [-0.05, 0) is 43.2 Å². The smallest absolute Gasteiger partial charge is 0.325 e. The third kappa shape index (κ3) is 3.25. The van der Waals surface area contributed by atoms with Gasteiger partial charge < -0.3 is 10.6 Å². The fourth-order valence-corrected chi connectivity index (χ4v) is 3.72. The summed E-state index contributed by atoms with van der Waals surface area (Å²) in [5.74, 6) is -0.603. The van der Waals surface area contributed by atoms with Crippen LogP contribution in [-0.2, 0) is 21.5 Å². The van der Waals surface area contributed by atoms with Gasteiger partial charge in [0.05, 0.1) is 0 Å². The van der Waals surface area contributed by atoms with Gasteiger partial charge in [-0.1, -0.05) is 37.6 Å². The molecule has 0 radical (unpaired) electrons. The minimum atomic E-state index is -1.02. The van der Waals surface area contributed by atoms with Gasteiger partial charge >= 0.3 is 6.03 Å². The second kappa shape index (κ2) is 7.25. The fourth-order valence-electron chi connectivity index (χ4n) is 3.72. The first-order chi connectivity index (χ1) is 12.1. The van der Waals surface area contributed by atoms with Crippen LogP contribution in [0, 0.1) is 0 Å². The molecule has 1 saturated heterocycles. The van der Waals surface area contributed by atoms with Crippen molar-refractivity contribution in [3.05, 3.63) is 35.4 Å². The lowest BCUT2D eigenvalue weighted by Gasteiger charge is -2.27. The maximum Gasteiger partial charge on any atom is 0.325 e. The number of nitrogens with one attached hydrogen (secondary N) is 2. The topological polar surface area (TPSA) is 78.5 Å². The molecule has 0 aromatic heterocycles. The molecule has 6 nitrogen and oxygen atoms in total. The van der Waals surface area contributed by atoms with Crippen molar-refractivity contribution in [1.82, 2.24) is 15.5 Å². The fraction of sp³-hybridized carbons (Fsp3) is 0.526. The molecular weight excluding hydrogens is 318 g/mol. The number of hydrogen-bond acceptors (Lipinski definition) is 3. The van der Waals surface area contributed by atoms with Gasteiger partial charge in [-0.15, -0.1) is 0 Å². The second-order valence-electron chi connectivity index (χ2n) is 6.79. The Balaban J connectivity index is 1.82. The predicted molar refractivity (Wildman–Crippen MR) is 93.8 cm³/mol. The maximum absolute atomic E-state index is 13.1. The average Bonchev–Trinajstić information content (AvgIpc) is 2.75. The number of hydrogen-bond donors (Lipinski definition) is 2. The Morgan fingerprint density at radius 3 is 2.88 bits per heavy atom.